The van der Waals surface area contributed by atoms with Crippen LogP contribution in [0.15, 0.2) is 78.0 Å². The molecule has 35 heavy (non-hydrogen) atoms. The summed E-state index contributed by atoms with van der Waals surface area (Å²) in [6.45, 7) is 0. The first-order valence-corrected chi connectivity index (χ1v) is 11.8. The zero-order valence-corrected chi connectivity index (χ0v) is 20.7. The van der Waals surface area contributed by atoms with E-state index in [0.717, 1.165) is 5.39 Å². The van der Waals surface area contributed by atoms with Gasteiger partial charge >= 0.3 is 0 Å². The fourth-order valence-electron chi connectivity index (χ4n) is 3.87. The molecule has 2 N–H and O–H groups in total. The Kier molecular flexibility index (Phi) is 6.34. The summed E-state index contributed by atoms with van der Waals surface area (Å²) in [5.74, 6) is 0.171. The molecular formula is C25H18Cl2N6OS. The Bertz CT molecular complexity index is 1500. The first-order chi connectivity index (χ1) is 16.9. The maximum Gasteiger partial charge on any atom is 0.272 e. The lowest BCUT2D eigenvalue weighted by Crippen LogP contribution is -2.47. The lowest BCUT2D eigenvalue weighted by atomic mass is 10.00. The highest BCUT2D eigenvalue weighted by Crippen LogP contribution is 2.32. The number of anilines is 2. The minimum atomic E-state index is -1.03. The third-order valence-corrected chi connectivity index (χ3v) is 6.33. The Hall–Kier alpha value is -3.59. The number of amides is 1. The molecule has 1 aliphatic heterocycles. The average Bonchev–Trinajstić information content (AvgIpc) is 2.95. The van der Waals surface area contributed by atoms with Gasteiger partial charge in [-0.2, -0.15) is 0 Å². The molecule has 0 fully saturated rings. The maximum absolute atomic E-state index is 13.4. The van der Waals surface area contributed by atoms with Crippen molar-refractivity contribution in [3.63, 3.8) is 0 Å². The molecule has 3 heterocycles. The van der Waals surface area contributed by atoms with Crippen molar-refractivity contribution < 1.29 is 4.79 Å². The van der Waals surface area contributed by atoms with E-state index in [0.29, 0.717) is 43.9 Å². The van der Waals surface area contributed by atoms with Crippen LogP contribution in [0.4, 0.5) is 11.5 Å². The van der Waals surface area contributed by atoms with Crippen LogP contribution in [0.5, 0.6) is 0 Å². The standard InChI is InChI=1S/C25H18Cl2N6OS/c1-33-19-9-8-15(26)13-17(19)21(16-6-2-3-7-18(16)27)30-23(24(33)34)32-25(35)31-22-20-14(10-12-29-22)5-4-11-28-20/h2-13,23H,1H3,(H2,29,31,32,35). The summed E-state index contributed by atoms with van der Waals surface area (Å²) in [4.78, 5) is 28.4. The SMILES string of the molecule is CN1C(=O)C(NC(=S)Nc2nccc3cccnc23)N=C(c2ccccc2Cl)c2cc(Cl)ccc21. The van der Waals surface area contributed by atoms with Crippen molar-refractivity contribution in [2.45, 2.75) is 6.17 Å². The van der Waals surface area contributed by atoms with Crippen LogP contribution in [-0.4, -0.2) is 39.9 Å². The number of rotatable bonds is 3. The number of benzene rings is 2. The molecule has 0 saturated carbocycles. The lowest BCUT2D eigenvalue weighted by molar-refractivity contribution is -0.119. The second-order valence-corrected chi connectivity index (χ2v) is 9.00. The van der Waals surface area contributed by atoms with Gasteiger partial charge in [-0.05, 0) is 48.6 Å². The Morgan fingerprint density at radius 2 is 1.83 bits per heavy atom. The Balaban J connectivity index is 1.53. The lowest BCUT2D eigenvalue weighted by Gasteiger charge is -2.22. The molecule has 4 aromatic rings. The second-order valence-electron chi connectivity index (χ2n) is 7.75. The molecular weight excluding hydrogens is 503 g/mol. The van der Waals surface area contributed by atoms with E-state index in [9.17, 15) is 4.79 Å². The molecule has 1 atom stereocenters. The monoisotopic (exact) mass is 520 g/mol. The highest BCUT2D eigenvalue weighted by atomic mass is 35.5. The van der Waals surface area contributed by atoms with Crippen molar-refractivity contribution in [2.24, 2.45) is 4.99 Å². The number of nitrogens with one attached hydrogen (secondary N) is 2. The Morgan fingerprint density at radius 3 is 2.66 bits per heavy atom. The van der Waals surface area contributed by atoms with Crippen LogP contribution in [0, 0.1) is 0 Å². The van der Waals surface area contributed by atoms with Gasteiger partial charge in [0.25, 0.3) is 5.91 Å². The Labute approximate surface area is 216 Å². The number of thiocarbonyl (C=S) groups is 1. The average molecular weight is 521 g/mol. The van der Waals surface area contributed by atoms with Crippen LogP contribution in [0.25, 0.3) is 10.9 Å². The van der Waals surface area contributed by atoms with E-state index in [4.69, 9.17) is 40.4 Å². The summed E-state index contributed by atoms with van der Waals surface area (Å²) in [5, 5.41) is 8.16. The van der Waals surface area contributed by atoms with Crippen LogP contribution in [0.2, 0.25) is 10.0 Å². The third kappa shape index (κ3) is 4.55. The largest absolute Gasteiger partial charge is 0.333 e. The van der Waals surface area contributed by atoms with Crippen molar-refractivity contribution >= 4 is 74.6 Å². The molecule has 2 aromatic heterocycles. The molecule has 0 spiro atoms. The van der Waals surface area contributed by atoms with Crippen molar-refractivity contribution in [3.8, 4) is 0 Å². The fourth-order valence-corrected chi connectivity index (χ4v) is 4.48. The van der Waals surface area contributed by atoms with Crippen LogP contribution in [-0.2, 0) is 4.79 Å². The number of halogens is 2. The van der Waals surface area contributed by atoms with E-state index in [1.54, 1.807) is 43.7 Å². The number of fused-ring (bicyclic) bond motifs is 2. The first-order valence-electron chi connectivity index (χ1n) is 10.6. The Morgan fingerprint density at radius 1 is 1.00 bits per heavy atom. The number of aliphatic imine (C=N–C) groups is 1. The van der Waals surface area contributed by atoms with Gasteiger partial charge in [0.1, 0.15) is 5.52 Å². The highest BCUT2D eigenvalue weighted by molar-refractivity contribution is 7.80. The molecule has 5 rings (SSSR count). The molecule has 0 aliphatic carbocycles. The predicted molar refractivity (Wildman–Crippen MR) is 145 cm³/mol. The van der Waals surface area contributed by atoms with Crippen molar-refractivity contribution in [1.29, 1.82) is 0 Å². The van der Waals surface area contributed by atoms with Crippen molar-refractivity contribution in [1.82, 2.24) is 15.3 Å². The van der Waals surface area contributed by atoms with Crippen LogP contribution >= 0.6 is 35.4 Å². The number of nitrogens with zero attached hydrogens (tertiary/aromatic N) is 4. The second kappa shape index (κ2) is 9.58. The number of carbonyl (C=O) groups excluding carboxylic acids is 1. The van der Waals surface area contributed by atoms with E-state index in [1.807, 2.05) is 36.4 Å². The molecule has 7 nitrogen and oxygen atoms in total. The zero-order valence-electron chi connectivity index (χ0n) is 18.4. The number of benzodiazepines with no additional fused rings is 1. The summed E-state index contributed by atoms with van der Waals surface area (Å²) in [6, 6.07) is 18.2. The van der Waals surface area contributed by atoms with Gasteiger partial charge in [0.15, 0.2) is 10.9 Å². The predicted octanol–water partition coefficient (Wildman–Crippen LogP) is 5.06. The molecule has 10 heteroatoms. The maximum atomic E-state index is 13.4. The molecule has 1 aliphatic rings. The number of aromatic nitrogens is 2. The van der Waals surface area contributed by atoms with Gasteiger partial charge in [0.05, 0.1) is 11.4 Å². The van der Waals surface area contributed by atoms with Gasteiger partial charge in [-0.1, -0.05) is 47.5 Å². The smallest absolute Gasteiger partial charge is 0.272 e. The number of hydrogen-bond donors (Lipinski definition) is 2. The van der Waals surface area contributed by atoms with Gasteiger partial charge in [0.2, 0.25) is 6.17 Å². The van der Waals surface area contributed by atoms with Gasteiger partial charge in [-0.3, -0.25) is 9.78 Å². The topological polar surface area (TPSA) is 82.5 Å². The number of hydrogen-bond acceptors (Lipinski definition) is 5. The minimum Gasteiger partial charge on any atom is -0.333 e. The molecule has 1 amide bonds. The normalized spacial score (nSPS) is 15.3. The molecule has 174 valence electrons. The van der Waals surface area contributed by atoms with Gasteiger partial charge < -0.3 is 15.5 Å². The summed E-state index contributed by atoms with van der Waals surface area (Å²) >= 11 is 18.4. The van der Waals surface area contributed by atoms with Crippen LogP contribution < -0.4 is 15.5 Å². The molecule has 1 unspecified atom stereocenters. The van der Waals surface area contributed by atoms with Gasteiger partial charge in [0, 0.05) is 46.0 Å². The summed E-state index contributed by atoms with van der Waals surface area (Å²) in [6.07, 6.45) is 2.31. The van der Waals surface area contributed by atoms with Crippen molar-refractivity contribution in [2.75, 3.05) is 17.3 Å². The molecule has 0 saturated heterocycles. The third-order valence-electron chi connectivity index (χ3n) is 5.55. The minimum absolute atomic E-state index is 0.175. The first kappa shape index (κ1) is 23.2. The van der Waals surface area contributed by atoms with E-state index >= 15 is 0 Å². The molecule has 2 aromatic carbocycles. The fraction of sp³-hybridized carbons (Fsp3) is 0.0800. The summed E-state index contributed by atoms with van der Waals surface area (Å²) < 4.78 is 0. The summed E-state index contributed by atoms with van der Waals surface area (Å²) in [7, 11) is 1.68. The van der Waals surface area contributed by atoms with Gasteiger partial charge in [-0.25, -0.2) is 9.98 Å². The summed E-state index contributed by atoms with van der Waals surface area (Å²) in [5.41, 5.74) is 3.19. The van der Waals surface area contributed by atoms with E-state index in [1.165, 1.54) is 4.90 Å². The van der Waals surface area contributed by atoms with Gasteiger partial charge in [-0.15, -0.1) is 0 Å². The van der Waals surface area contributed by atoms with E-state index in [-0.39, 0.29) is 11.0 Å². The molecule has 0 radical (unpaired) electrons. The van der Waals surface area contributed by atoms with Crippen LogP contribution in [0.3, 0.4) is 0 Å². The molecule has 0 bridgehead atoms. The number of pyridine rings is 2. The zero-order chi connectivity index (χ0) is 24.5. The highest BCUT2D eigenvalue weighted by Gasteiger charge is 2.31. The van der Waals surface area contributed by atoms with Crippen LogP contribution in [0.1, 0.15) is 11.1 Å². The number of carbonyl (C=O) groups is 1. The van der Waals surface area contributed by atoms with E-state index in [2.05, 4.69) is 20.6 Å². The number of likely N-dealkylation sites (N-methyl/N-ethyl adjacent to an activating group) is 1. The van der Waals surface area contributed by atoms with E-state index < -0.39 is 6.17 Å². The quantitative estimate of drug-likeness (QED) is 0.367. The van der Waals surface area contributed by atoms with Crippen molar-refractivity contribution in [3.05, 3.63) is 94.2 Å².